The van der Waals surface area contributed by atoms with Crippen molar-refractivity contribution in [2.24, 2.45) is 0 Å². The van der Waals surface area contributed by atoms with E-state index in [0.717, 1.165) is 11.1 Å². The molecular weight excluding hydrogens is 641 g/mol. The number of ether oxygens (including phenoxy) is 4. The molecule has 1 fully saturated rings. The zero-order valence-electron chi connectivity index (χ0n) is 23.0. The fourth-order valence-corrected chi connectivity index (χ4v) is 5.15. The van der Waals surface area contributed by atoms with Crippen LogP contribution in [0.5, 0.6) is 5.88 Å². The number of nitrogens with two attached hydrogens (primary N) is 1. The molecule has 0 saturated carbocycles. The monoisotopic (exact) mass is 671 g/mol. The van der Waals surface area contributed by atoms with Crippen LogP contribution in [0.25, 0.3) is 11.0 Å². The number of nitrogen functional groups attached to an aromatic ring is 1. The van der Waals surface area contributed by atoms with Gasteiger partial charge in [0, 0.05) is 6.42 Å². The second-order valence-electron chi connectivity index (χ2n) is 10.1. The number of carbonyl (C=O) groups is 2. The van der Waals surface area contributed by atoms with Gasteiger partial charge in [0.15, 0.2) is 11.9 Å². The smallest absolute Gasteiger partial charge is 0.338 e. The van der Waals surface area contributed by atoms with Gasteiger partial charge in [-0.25, -0.2) is 14.3 Å². The molecule has 5 rings (SSSR count). The number of benzene rings is 2. The minimum Gasteiger partial charge on any atom is -0.474 e. The van der Waals surface area contributed by atoms with Crippen molar-refractivity contribution >= 4 is 51.5 Å². The van der Waals surface area contributed by atoms with E-state index in [2.05, 4.69) is 37.7 Å². The first kappa shape index (κ1) is 28.7. The molecule has 1 aliphatic rings. The minimum absolute atomic E-state index is 0.0228. The summed E-state index contributed by atoms with van der Waals surface area (Å²) in [6.45, 7) is 7.51. The van der Waals surface area contributed by atoms with Gasteiger partial charge in [-0.2, -0.15) is 15.1 Å². The van der Waals surface area contributed by atoms with Gasteiger partial charge in [0.2, 0.25) is 11.8 Å². The van der Waals surface area contributed by atoms with Crippen LogP contribution in [0.1, 0.15) is 58.3 Å². The zero-order valence-corrected chi connectivity index (χ0v) is 25.2. The molecule has 11 nitrogen and oxygen atoms in total. The Balaban J connectivity index is 1.42. The fraction of sp³-hybridized carbons (Fsp3) is 0.345. The van der Waals surface area contributed by atoms with Crippen LogP contribution < -0.4 is 10.5 Å². The van der Waals surface area contributed by atoms with Crippen molar-refractivity contribution in [3.8, 4) is 5.88 Å². The predicted molar refractivity (Wildman–Crippen MR) is 159 cm³/mol. The lowest BCUT2D eigenvalue weighted by Gasteiger charge is -2.19. The maximum absolute atomic E-state index is 13.0. The average Bonchev–Trinajstić information content (AvgIpc) is 3.47. The number of esters is 2. The molecule has 0 aliphatic carbocycles. The summed E-state index contributed by atoms with van der Waals surface area (Å²) < 4.78 is 25.8. The molecule has 0 spiro atoms. The molecule has 3 atom stereocenters. The highest BCUT2D eigenvalue weighted by atomic mass is 127. The number of halogens is 1. The van der Waals surface area contributed by atoms with E-state index in [1.807, 2.05) is 52.0 Å². The standard InChI is InChI=1S/C29H30IN5O6/c1-15(2)39-26-23-24(30)34-35(25(23)32-29(31)33-26)22-13-20(41-28(37)19-11-7-17(4)8-12-19)21(40-22)14-38-27(36)18-9-5-16(3)6-10-18/h5-12,15,20-22H,13-14H2,1-4H3,(H2,31,32,33)/t20-,21+,22+/m0/s1. The Hall–Kier alpha value is -3.78. The summed E-state index contributed by atoms with van der Waals surface area (Å²) in [5.41, 5.74) is 9.29. The summed E-state index contributed by atoms with van der Waals surface area (Å²) in [7, 11) is 0. The van der Waals surface area contributed by atoms with Gasteiger partial charge in [-0.3, -0.25) is 0 Å². The van der Waals surface area contributed by atoms with Gasteiger partial charge in [0.1, 0.15) is 27.9 Å². The zero-order chi connectivity index (χ0) is 29.3. The molecule has 1 saturated heterocycles. The number of rotatable bonds is 8. The molecular formula is C29H30IN5O6. The number of hydrogen-bond donors (Lipinski definition) is 1. The van der Waals surface area contributed by atoms with Gasteiger partial charge in [-0.05, 0) is 74.6 Å². The third-order valence-corrected chi connectivity index (χ3v) is 7.26. The highest BCUT2D eigenvalue weighted by Crippen LogP contribution is 2.36. The summed E-state index contributed by atoms with van der Waals surface area (Å²) in [5, 5.41) is 5.24. The summed E-state index contributed by atoms with van der Waals surface area (Å²) >= 11 is 2.08. The van der Waals surface area contributed by atoms with Gasteiger partial charge >= 0.3 is 11.9 Å². The molecule has 41 heavy (non-hydrogen) atoms. The van der Waals surface area contributed by atoms with Gasteiger partial charge in [-0.15, -0.1) is 0 Å². The van der Waals surface area contributed by atoms with Crippen LogP contribution in [0.2, 0.25) is 0 Å². The molecule has 1 aliphatic heterocycles. The van der Waals surface area contributed by atoms with Crippen LogP contribution in [0, 0.1) is 17.5 Å². The quantitative estimate of drug-likeness (QED) is 0.206. The Bertz CT molecular complexity index is 1570. The van der Waals surface area contributed by atoms with Crippen molar-refractivity contribution < 1.29 is 28.5 Å². The van der Waals surface area contributed by atoms with Crippen LogP contribution in [0.4, 0.5) is 5.95 Å². The van der Waals surface area contributed by atoms with Crippen molar-refractivity contribution in [1.82, 2.24) is 19.7 Å². The van der Waals surface area contributed by atoms with E-state index < -0.39 is 30.4 Å². The van der Waals surface area contributed by atoms with E-state index in [-0.39, 0.29) is 25.1 Å². The maximum atomic E-state index is 13.0. The summed E-state index contributed by atoms with van der Waals surface area (Å²) in [4.78, 5) is 34.4. The number of nitrogens with zero attached hydrogens (tertiary/aromatic N) is 4. The van der Waals surface area contributed by atoms with Crippen LogP contribution in [0.15, 0.2) is 48.5 Å². The van der Waals surface area contributed by atoms with E-state index in [4.69, 9.17) is 24.7 Å². The van der Waals surface area contributed by atoms with E-state index in [1.165, 1.54) is 0 Å². The Labute approximate surface area is 250 Å². The number of aromatic nitrogens is 4. The SMILES string of the molecule is Cc1ccc(C(=O)OC[C@H]2O[C@@H](n3nc(I)c4c(OC(C)C)nc(N)nc43)C[C@@H]2OC(=O)c2ccc(C)cc2)cc1. The first-order valence-corrected chi connectivity index (χ1v) is 14.2. The van der Waals surface area contributed by atoms with Crippen molar-refractivity contribution in [3.63, 3.8) is 0 Å². The Kier molecular flexibility index (Phi) is 8.40. The fourth-order valence-electron chi connectivity index (χ4n) is 4.44. The maximum Gasteiger partial charge on any atom is 0.338 e. The van der Waals surface area contributed by atoms with E-state index in [9.17, 15) is 9.59 Å². The minimum atomic E-state index is -0.758. The molecule has 2 aromatic heterocycles. The lowest BCUT2D eigenvalue weighted by molar-refractivity contribution is -0.0591. The highest BCUT2D eigenvalue weighted by Gasteiger charge is 2.41. The first-order chi connectivity index (χ1) is 19.6. The molecule has 3 heterocycles. The molecule has 2 N–H and O–H groups in total. The summed E-state index contributed by atoms with van der Waals surface area (Å²) in [5.74, 6) is -0.666. The molecule has 0 radical (unpaired) electrons. The van der Waals surface area contributed by atoms with Crippen molar-refractivity contribution in [1.29, 1.82) is 0 Å². The second-order valence-corrected chi connectivity index (χ2v) is 11.1. The second kappa shape index (κ2) is 12.0. The topological polar surface area (TPSA) is 141 Å². The number of anilines is 1. The van der Waals surface area contributed by atoms with Gasteiger partial charge in [0.05, 0.1) is 17.2 Å². The van der Waals surface area contributed by atoms with Crippen molar-refractivity contribution in [2.45, 2.75) is 58.7 Å². The Morgan fingerprint density at radius 2 is 1.63 bits per heavy atom. The van der Waals surface area contributed by atoms with E-state index in [1.54, 1.807) is 28.9 Å². The largest absolute Gasteiger partial charge is 0.474 e. The number of fused-ring (bicyclic) bond motifs is 1. The average molecular weight is 671 g/mol. The van der Waals surface area contributed by atoms with Crippen molar-refractivity contribution in [3.05, 3.63) is 74.5 Å². The number of carbonyl (C=O) groups excluding carboxylic acids is 2. The predicted octanol–water partition coefficient (Wildman–Crippen LogP) is 4.79. The molecule has 0 bridgehead atoms. The molecule has 4 aromatic rings. The Morgan fingerprint density at radius 1 is 1.02 bits per heavy atom. The lowest BCUT2D eigenvalue weighted by atomic mass is 10.1. The lowest BCUT2D eigenvalue weighted by Crippen LogP contribution is -2.32. The number of hydrogen-bond acceptors (Lipinski definition) is 10. The van der Waals surface area contributed by atoms with Gasteiger partial charge in [0.25, 0.3) is 0 Å². The summed E-state index contributed by atoms with van der Waals surface area (Å²) in [6.07, 6.45) is -2.09. The first-order valence-electron chi connectivity index (χ1n) is 13.1. The van der Waals surface area contributed by atoms with Crippen LogP contribution in [0.3, 0.4) is 0 Å². The number of aryl methyl sites for hydroxylation is 2. The third kappa shape index (κ3) is 6.43. The van der Waals surface area contributed by atoms with Crippen LogP contribution in [-0.2, 0) is 14.2 Å². The van der Waals surface area contributed by atoms with E-state index in [0.29, 0.717) is 31.7 Å². The molecule has 214 valence electrons. The van der Waals surface area contributed by atoms with Crippen LogP contribution >= 0.6 is 22.6 Å². The molecule has 0 amide bonds. The third-order valence-electron chi connectivity index (χ3n) is 6.51. The molecule has 2 aromatic carbocycles. The van der Waals surface area contributed by atoms with E-state index >= 15 is 0 Å². The van der Waals surface area contributed by atoms with Gasteiger partial charge in [-0.1, -0.05) is 35.4 Å². The van der Waals surface area contributed by atoms with Crippen LogP contribution in [-0.4, -0.2) is 56.6 Å². The summed E-state index contributed by atoms with van der Waals surface area (Å²) in [6, 6.07) is 14.1. The molecule has 0 unspecified atom stereocenters. The molecule has 12 heteroatoms. The Morgan fingerprint density at radius 3 is 2.24 bits per heavy atom. The highest BCUT2D eigenvalue weighted by molar-refractivity contribution is 14.1. The van der Waals surface area contributed by atoms with Crippen molar-refractivity contribution in [2.75, 3.05) is 12.3 Å². The normalized spacial score (nSPS) is 18.5. The van der Waals surface area contributed by atoms with Gasteiger partial charge < -0.3 is 24.7 Å².